The largest absolute Gasteiger partial charge is 0.392 e. The molecule has 4 saturated carbocycles. The highest BCUT2D eigenvalue weighted by molar-refractivity contribution is 5.16. The lowest BCUT2D eigenvalue weighted by Gasteiger charge is -2.57. The minimum absolute atomic E-state index is 0.0685. The molecule has 4 rings (SSSR count). The zero-order valence-electron chi connectivity index (χ0n) is 15.9. The first-order chi connectivity index (χ1) is 11.8. The average Bonchev–Trinajstić information content (AvgIpc) is 2.91. The summed E-state index contributed by atoms with van der Waals surface area (Å²) in [5.74, 6) is 2.67. The Morgan fingerprint density at radius 1 is 1.04 bits per heavy atom. The number of aliphatic hydroxyl groups is 2. The predicted molar refractivity (Wildman–Crippen MR) is 97.7 cm³/mol. The van der Waals surface area contributed by atoms with Crippen LogP contribution in [-0.2, 0) is 0 Å². The van der Waals surface area contributed by atoms with Crippen molar-refractivity contribution < 1.29 is 14.6 Å². The monoisotopic (exact) mass is 350 g/mol. The second-order valence-electron chi connectivity index (χ2n) is 10.2. The van der Waals surface area contributed by atoms with Crippen LogP contribution in [0.2, 0.25) is 0 Å². The van der Waals surface area contributed by atoms with Gasteiger partial charge in [0, 0.05) is 0 Å². The van der Waals surface area contributed by atoms with Crippen molar-refractivity contribution in [2.45, 2.75) is 77.0 Å². The Bertz CT molecular complexity index is 544. The lowest BCUT2D eigenvalue weighted by molar-refractivity contribution is -0.125. The molecule has 0 unspecified atom stereocenters. The van der Waals surface area contributed by atoms with Gasteiger partial charge in [0.05, 0.1) is 12.2 Å². The Balaban J connectivity index is 1.58. The molecule has 3 heteroatoms. The highest BCUT2D eigenvalue weighted by Gasteiger charge is 2.59. The van der Waals surface area contributed by atoms with Crippen LogP contribution in [0.5, 0.6) is 0 Å². The maximum Gasteiger partial charge on any atom is 0.104 e. The lowest BCUT2D eigenvalue weighted by atomic mass is 9.48. The SMILES string of the molecule is C=C(CO)[C@H]1CC[C@H]2[C@@H]3C[C@@H](F)[C@@H]4C[C@@](C)(O)CC[C@@H]4[C@H]3CC[C@]12C. The van der Waals surface area contributed by atoms with E-state index in [1.165, 1.54) is 19.3 Å². The van der Waals surface area contributed by atoms with E-state index < -0.39 is 11.8 Å². The summed E-state index contributed by atoms with van der Waals surface area (Å²) >= 11 is 0. The number of hydrogen-bond acceptors (Lipinski definition) is 2. The molecule has 25 heavy (non-hydrogen) atoms. The molecule has 9 atom stereocenters. The predicted octanol–water partition coefficient (Wildman–Crippen LogP) is 4.50. The number of halogens is 1. The summed E-state index contributed by atoms with van der Waals surface area (Å²) in [6.45, 7) is 8.51. The highest BCUT2D eigenvalue weighted by Crippen LogP contribution is 2.65. The highest BCUT2D eigenvalue weighted by atomic mass is 19.1. The summed E-state index contributed by atoms with van der Waals surface area (Å²) in [5, 5.41) is 20.0. The van der Waals surface area contributed by atoms with Crippen molar-refractivity contribution in [1.82, 2.24) is 0 Å². The Kier molecular flexibility index (Phi) is 4.35. The molecule has 0 aromatic carbocycles. The molecule has 0 aromatic heterocycles. The van der Waals surface area contributed by atoms with Gasteiger partial charge in [-0.05, 0) is 105 Å². The Labute approximate surface area is 151 Å². The van der Waals surface area contributed by atoms with Crippen molar-refractivity contribution >= 4 is 0 Å². The number of rotatable bonds is 2. The fraction of sp³-hybridized carbons (Fsp3) is 0.909. The molecule has 0 amide bonds. The molecule has 2 N–H and O–H groups in total. The summed E-state index contributed by atoms with van der Waals surface area (Å²) < 4.78 is 15.2. The van der Waals surface area contributed by atoms with Crippen LogP contribution in [0.1, 0.15) is 65.2 Å². The summed E-state index contributed by atoms with van der Waals surface area (Å²) in [6.07, 6.45) is 7.09. The Morgan fingerprint density at radius 2 is 1.72 bits per heavy atom. The average molecular weight is 351 g/mol. The van der Waals surface area contributed by atoms with E-state index in [4.69, 9.17) is 0 Å². The first-order valence-corrected chi connectivity index (χ1v) is 10.4. The van der Waals surface area contributed by atoms with E-state index in [-0.39, 0.29) is 17.9 Å². The van der Waals surface area contributed by atoms with Crippen LogP contribution in [0.25, 0.3) is 0 Å². The summed E-state index contributed by atoms with van der Waals surface area (Å²) in [5.41, 5.74) is 0.523. The molecule has 0 aliphatic heterocycles. The number of aliphatic hydroxyl groups excluding tert-OH is 1. The summed E-state index contributed by atoms with van der Waals surface area (Å²) in [4.78, 5) is 0. The quantitative estimate of drug-likeness (QED) is 0.720. The molecule has 142 valence electrons. The molecular formula is C22H35FO2. The van der Waals surface area contributed by atoms with Crippen LogP contribution in [0.4, 0.5) is 4.39 Å². The molecule has 4 fully saturated rings. The summed E-state index contributed by atoms with van der Waals surface area (Å²) in [6, 6.07) is 0. The normalized spacial score (nSPS) is 55.2. The van der Waals surface area contributed by atoms with Crippen LogP contribution >= 0.6 is 0 Å². The van der Waals surface area contributed by atoms with E-state index in [0.717, 1.165) is 24.8 Å². The zero-order valence-corrected chi connectivity index (χ0v) is 15.9. The van der Waals surface area contributed by atoms with Crippen molar-refractivity contribution in [3.63, 3.8) is 0 Å². The van der Waals surface area contributed by atoms with Crippen molar-refractivity contribution in [3.05, 3.63) is 12.2 Å². The van der Waals surface area contributed by atoms with Crippen LogP contribution < -0.4 is 0 Å². The van der Waals surface area contributed by atoms with Gasteiger partial charge in [0.1, 0.15) is 6.17 Å². The Hall–Kier alpha value is -0.410. The molecular weight excluding hydrogens is 315 g/mol. The first kappa shape index (κ1) is 18.0. The molecule has 0 bridgehead atoms. The molecule has 4 aliphatic carbocycles. The molecule has 0 saturated heterocycles. The third-order valence-corrected chi connectivity index (χ3v) is 8.94. The van der Waals surface area contributed by atoms with E-state index in [1.807, 2.05) is 6.92 Å². The van der Waals surface area contributed by atoms with Crippen LogP contribution in [0.3, 0.4) is 0 Å². The molecule has 0 radical (unpaired) electrons. The minimum atomic E-state index is -0.750. The van der Waals surface area contributed by atoms with Crippen molar-refractivity contribution in [2.75, 3.05) is 6.61 Å². The molecule has 4 aliphatic rings. The molecule has 0 aromatic rings. The first-order valence-electron chi connectivity index (χ1n) is 10.4. The fourth-order valence-electron chi connectivity index (χ4n) is 7.78. The van der Waals surface area contributed by atoms with Crippen LogP contribution in [0, 0.1) is 40.9 Å². The fourth-order valence-corrected chi connectivity index (χ4v) is 7.78. The van der Waals surface area contributed by atoms with Gasteiger partial charge in [0.25, 0.3) is 0 Å². The van der Waals surface area contributed by atoms with Gasteiger partial charge < -0.3 is 10.2 Å². The third kappa shape index (κ3) is 2.72. The van der Waals surface area contributed by atoms with E-state index in [1.54, 1.807) is 0 Å². The molecule has 2 nitrogen and oxygen atoms in total. The van der Waals surface area contributed by atoms with Gasteiger partial charge in [-0.3, -0.25) is 0 Å². The van der Waals surface area contributed by atoms with Crippen LogP contribution in [-0.4, -0.2) is 28.6 Å². The van der Waals surface area contributed by atoms with E-state index in [2.05, 4.69) is 13.5 Å². The van der Waals surface area contributed by atoms with Gasteiger partial charge in [0.2, 0.25) is 0 Å². The van der Waals surface area contributed by atoms with Gasteiger partial charge in [0.15, 0.2) is 0 Å². The van der Waals surface area contributed by atoms with E-state index >= 15 is 4.39 Å². The number of fused-ring (bicyclic) bond motifs is 5. The van der Waals surface area contributed by atoms with Crippen molar-refractivity contribution in [1.29, 1.82) is 0 Å². The van der Waals surface area contributed by atoms with E-state index in [9.17, 15) is 10.2 Å². The van der Waals surface area contributed by atoms with Gasteiger partial charge >= 0.3 is 0 Å². The van der Waals surface area contributed by atoms with Crippen molar-refractivity contribution in [3.8, 4) is 0 Å². The molecule has 0 heterocycles. The van der Waals surface area contributed by atoms with Crippen molar-refractivity contribution in [2.24, 2.45) is 40.9 Å². The Morgan fingerprint density at radius 3 is 2.44 bits per heavy atom. The molecule has 0 spiro atoms. The topological polar surface area (TPSA) is 40.5 Å². The maximum absolute atomic E-state index is 15.2. The second kappa shape index (κ2) is 6.05. The van der Waals surface area contributed by atoms with Gasteiger partial charge in [-0.15, -0.1) is 0 Å². The minimum Gasteiger partial charge on any atom is -0.392 e. The second-order valence-corrected chi connectivity index (χ2v) is 10.2. The number of hydrogen-bond donors (Lipinski definition) is 2. The van der Waals surface area contributed by atoms with Gasteiger partial charge in [-0.2, -0.15) is 0 Å². The smallest absolute Gasteiger partial charge is 0.104 e. The zero-order chi connectivity index (χ0) is 18.0. The maximum atomic E-state index is 15.2. The third-order valence-electron chi connectivity index (χ3n) is 8.94. The van der Waals surface area contributed by atoms with Gasteiger partial charge in [-0.25, -0.2) is 4.39 Å². The van der Waals surface area contributed by atoms with Crippen LogP contribution in [0.15, 0.2) is 12.2 Å². The standard InChI is InChI=1S/C22H35FO2/c1-13(12-24)18-4-5-19-16-10-20(23)17-11-21(2,25)8-6-15(17)14(16)7-9-22(18,19)3/h14-20,24-25H,1,4-12H2,2-3H3/t14-,15-,16-,17-,18-,19+,20-,21+,22-/m1/s1. The van der Waals surface area contributed by atoms with E-state index in [0.29, 0.717) is 42.4 Å². The lowest BCUT2D eigenvalue weighted by Crippen LogP contribution is -2.54. The summed E-state index contributed by atoms with van der Waals surface area (Å²) in [7, 11) is 0. The number of alkyl halides is 1. The van der Waals surface area contributed by atoms with Gasteiger partial charge in [-0.1, -0.05) is 13.5 Å².